The van der Waals surface area contributed by atoms with E-state index in [2.05, 4.69) is 0 Å². The summed E-state index contributed by atoms with van der Waals surface area (Å²) in [7, 11) is -4.99. The minimum absolute atomic E-state index is 0.0375. The first-order valence-corrected chi connectivity index (χ1v) is 14.7. The molecule has 0 saturated carbocycles. The lowest BCUT2D eigenvalue weighted by atomic mass is 9.70. The quantitative estimate of drug-likeness (QED) is 0.216. The summed E-state index contributed by atoms with van der Waals surface area (Å²) in [6.07, 6.45) is 3.87. The Balaban J connectivity index is 2.98. The molecule has 0 aliphatic rings. The van der Waals surface area contributed by atoms with E-state index in [1.165, 1.54) is 30.3 Å². The standard InChI is InChI=1S/C25H31FO7S2/c1-7-32-23(27)22(24(28)33-8-2)25(4,15-34(5)6)20-11-10-17(26)14-18(20)19-13-16(3)9-12-21(19)35(29,30)31/h9-14,22H,7-8,15H2,1-6H3/p+1. The molecule has 0 aliphatic heterocycles. The number of halogens is 1. The van der Waals surface area contributed by atoms with Gasteiger partial charge in [0.1, 0.15) is 16.5 Å². The van der Waals surface area contributed by atoms with Crippen molar-refractivity contribution in [3.8, 4) is 11.1 Å². The van der Waals surface area contributed by atoms with E-state index >= 15 is 0 Å². The highest BCUT2D eigenvalue weighted by Gasteiger charge is 2.51. The van der Waals surface area contributed by atoms with Gasteiger partial charge in [-0.15, -0.1) is 0 Å². The van der Waals surface area contributed by atoms with E-state index in [9.17, 15) is 27.0 Å². The highest BCUT2D eigenvalue weighted by Crippen LogP contribution is 2.43. The van der Waals surface area contributed by atoms with Crippen LogP contribution in [-0.4, -0.2) is 56.4 Å². The maximum absolute atomic E-state index is 14.6. The lowest BCUT2D eigenvalue weighted by molar-refractivity contribution is -0.164. The van der Waals surface area contributed by atoms with Crippen molar-refractivity contribution in [1.82, 2.24) is 0 Å². The SMILES string of the molecule is CCOC(=O)C(C(=O)OCC)C(C)(C[S+](C)C)c1ccc(F)cc1-c1cc(C)ccc1S(=O)(=O)O. The molecule has 0 spiro atoms. The number of rotatable bonds is 10. The fraction of sp³-hybridized carbons (Fsp3) is 0.440. The van der Waals surface area contributed by atoms with Gasteiger partial charge in [0.2, 0.25) is 0 Å². The number of hydrogen-bond acceptors (Lipinski definition) is 6. The number of aryl methyl sites for hydroxylation is 1. The summed E-state index contributed by atoms with van der Waals surface area (Å²) in [4.78, 5) is 25.8. The average Bonchev–Trinajstić information content (AvgIpc) is 2.72. The maximum atomic E-state index is 14.6. The van der Waals surface area contributed by atoms with Crippen LogP contribution in [0.4, 0.5) is 4.39 Å². The first-order valence-electron chi connectivity index (χ1n) is 11.0. The lowest BCUT2D eigenvalue weighted by Gasteiger charge is -2.35. The van der Waals surface area contributed by atoms with Crippen LogP contribution in [0.1, 0.15) is 31.9 Å². The second-order valence-electron chi connectivity index (χ2n) is 8.65. The topological polar surface area (TPSA) is 107 Å². The normalized spacial score (nSPS) is 13.5. The molecule has 2 aromatic carbocycles. The van der Waals surface area contributed by atoms with Crippen LogP contribution in [-0.2, 0) is 45.5 Å². The molecule has 0 saturated heterocycles. The number of hydrogen-bond donors (Lipinski definition) is 1. The third-order valence-electron chi connectivity index (χ3n) is 5.57. The van der Waals surface area contributed by atoms with Gasteiger partial charge >= 0.3 is 11.9 Å². The van der Waals surface area contributed by atoms with Gasteiger partial charge in [-0.2, -0.15) is 8.42 Å². The Morgan fingerprint density at radius 2 is 1.60 bits per heavy atom. The van der Waals surface area contributed by atoms with Gasteiger partial charge in [0.15, 0.2) is 5.92 Å². The van der Waals surface area contributed by atoms with E-state index in [-0.39, 0.29) is 35.2 Å². The Bertz CT molecular complexity index is 1180. The molecule has 0 bridgehead atoms. The van der Waals surface area contributed by atoms with Crippen LogP contribution in [0.3, 0.4) is 0 Å². The first-order chi connectivity index (χ1) is 16.3. The Morgan fingerprint density at radius 3 is 2.09 bits per heavy atom. The van der Waals surface area contributed by atoms with Gasteiger partial charge in [-0.05, 0) is 67.9 Å². The Hall–Kier alpha value is -2.43. The fourth-order valence-corrected chi connectivity index (χ4v) is 6.51. The summed E-state index contributed by atoms with van der Waals surface area (Å²) in [5.41, 5.74) is -0.0160. The maximum Gasteiger partial charge on any atom is 0.321 e. The fourth-order valence-electron chi connectivity index (χ4n) is 4.30. The molecule has 35 heavy (non-hydrogen) atoms. The van der Waals surface area contributed by atoms with Crippen molar-refractivity contribution in [1.29, 1.82) is 0 Å². The molecule has 2 rings (SSSR count). The highest BCUT2D eigenvalue weighted by atomic mass is 32.2. The van der Waals surface area contributed by atoms with E-state index in [4.69, 9.17) is 9.47 Å². The van der Waals surface area contributed by atoms with E-state index in [1.807, 2.05) is 12.5 Å². The monoisotopic (exact) mass is 527 g/mol. The van der Waals surface area contributed by atoms with Crippen LogP contribution in [0.15, 0.2) is 41.3 Å². The lowest BCUT2D eigenvalue weighted by Crippen LogP contribution is -2.48. The molecule has 0 radical (unpaired) electrons. The summed E-state index contributed by atoms with van der Waals surface area (Å²) in [5.74, 6) is -3.28. The Kier molecular flexibility index (Phi) is 9.49. The van der Waals surface area contributed by atoms with Crippen molar-refractivity contribution >= 4 is 33.0 Å². The Morgan fingerprint density at radius 1 is 1.03 bits per heavy atom. The first kappa shape index (κ1) is 28.8. The zero-order valence-electron chi connectivity index (χ0n) is 20.8. The highest BCUT2D eigenvalue weighted by molar-refractivity contribution is 7.95. The summed E-state index contributed by atoms with van der Waals surface area (Å²) in [6, 6.07) is 8.05. The van der Waals surface area contributed by atoms with Gasteiger partial charge in [0.25, 0.3) is 10.1 Å². The molecule has 192 valence electrons. The molecule has 10 heteroatoms. The average molecular weight is 528 g/mol. The molecule has 0 amide bonds. The van der Waals surface area contributed by atoms with Crippen molar-refractivity contribution in [2.45, 2.75) is 38.0 Å². The van der Waals surface area contributed by atoms with Crippen LogP contribution in [0.25, 0.3) is 11.1 Å². The van der Waals surface area contributed by atoms with Gasteiger partial charge in [0, 0.05) is 5.56 Å². The molecule has 2 aromatic rings. The smallest absolute Gasteiger partial charge is 0.321 e. The number of esters is 2. The van der Waals surface area contributed by atoms with Crippen LogP contribution >= 0.6 is 0 Å². The van der Waals surface area contributed by atoms with Crippen molar-refractivity contribution in [3.05, 3.63) is 53.3 Å². The number of ether oxygens (including phenoxy) is 2. The molecule has 1 N–H and O–H groups in total. The second-order valence-corrected chi connectivity index (χ2v) is 12.3. The molecule has 0 aromatic heterocycles. The minimum atomic E-state index is -4.67. The predicted octanol–water partition coefficient (Wildman–Crippen LogP) is 3.93. The summed E-state index contributed by atoms with van der Waals surface area (Å²) in [5, 5.41) is 0. The van der Waals surface area contributed by atoms with E-state index in [1.54, 1.807) is 27.7 Å². The van der Waals surface area contributed by atoms with Crippen LogP contribution < -0.4 is 0 Å². The summed E-state index contributed by atoms with van der Waals surface area (Å²) >= 11 is 0. The molecular formula is C25H32FO7S2+. The zero-order valence-corrected chi connectivity index (χ0v) is 22.4. The van der Waals surface area contributed by atoms with Gasteiger partial charge in [-0.3, -0.25) is 14.1 Å². The molecule has 1 atom stereocenters. The van der Waals surface area contributed by atoms with Gasteiger partial charge < -0.3 is 9.47 Å². The van der Waals surface area contributed by atoms with E-state index in [0.717, 1.165) is 6.07 Å². The minimum Gasteiger partial charge on any atom is -0.465 e. The third kappa shape index (κ3) is 6.62. The van der Waals surface area contributed by atoms with Crippen molar-refractivity contribution in [2.24, 2.45) is 5.92 Å². The number of carbonyl (C=O) groups excluding carboxylic acids is 2. The molecule has 0 fully saturated rings. The van der Waals surface area contributed by atoms with E-state index in [0.29, 0.717) is 16.9 Å². The van der Waals surface area contributed by atoms with Crippen molar-refractivity contribution in [3.63, 3.8) is 0 Å². The van der Waals surface area contributed by atoms with Crippen molar-refractivity contribution < 1.29 is 36.4 Å². The van der Waals surface area contributed by atoms with E-state index < -0.39 is 44.1 Å². The van der Waals surface area contributed by atoms with Crippen LogP contribution in [0.5, 0.6) is 0 Å². The molecule has 1 unspecified atom stereocenters. The molecular weight excluding hydrogens is 495 g/mol. The summed E-state index contributed by atoms with van der Waals surface area (Å²) < 4.78 is 59.3. The zero-order chi connectivity index (χ0) is 26.6. The summed E-state index contributed by atoms with van der Waals surface area (Å²) in [6.45, 7) is 6.74. The number of benzene rings is 2. The Labute approximate surface area is 209 Å². The second kappa shape index (κ2) is 11.5. The van der Waals surface area contributed by atoms with Gasteiger partial charge in [-0.25, -0.2) is 4.39 Å². The predicted molar refractivity (Wildman–Crippen MR) is 135 cm³/mol. The molecule has 0 heterocycles. The van der Waals surface area contributed by atoms with Gasteiger partial charge in [0.05, 0.1) is 31.1 Å². The molecule has 7 nitrogen and oxygen atoms in total. The van der Waals surface area contributed by atoms with Crippen molar-refractivity contribution in [2.75, 3.05) is 31.5 Å². The number of carbonyl (C=O) groups is 2. The van der Waals surface area contributed by atoms with Crippen LogP contribution in [0.2, 0.25) is 0 Å². The molecule has 0 aliphatic carbocycles. The third-order valence-corrected chi connectivity index (χ3v) is 7.66. The largest absolute Gasteiger partial charge is 0.465 e. The van der Waals surface area contributed by atoms with Gasteiger partial charge in [-0.1, -0.05) is 23.8 Å². The van der Waals surface area contributed by atoms with Crippen LogP contribution in [0, 0.1) is 18.7 Å².